The van der Waals surface area contributed by atoms with E-state index in [1.165, 1.54) is 6.92 Å². The summed E-state index contributed by atoms with van der Waals surface area (Å²) in [4.78, 5) is 30.0. The first-order valence-corrected chi connectivity index (χ1v) is 10.9. The van der Waals surface area contributed by atoms with Gasteiger partial charge in [-0.3, -0.25) is 9.59 Å². The van der Waals surface area contributed by atoms with Gasteiger partial charge in [-0.05, 0) is 57.0 Å². The van der Waals surface area contributed by atoms with Gasteiger partial charge in [0.1, 0.15) is 0 Å². The number of fused-ring (bicyclic) bond motifs is 1. The minimum atomic E-state index is -0.294. The molecule has 2 heterocycles. The first-order chi connectivity index (χ1) is 15.7. The summed E-state index contributed by atoms with van der Waals surface area (Å²) < 4.78 is 1.82. The number of amides is 2. The third-order valence-corrected chi connectivity index (χ3v) is 5.46. The van der Waals surface area contributed by atoms with Crippen molar-refractivity contribution >= 4 is 34.2 Å². The van der Waals surface area contributed by atoms with E-state index in [9.17, 15) is 9.59 Å². The molecule has 0 aliphatic heterocycles. The molecule has 0 fully saturated rings. The number of nitrogens with one attached hydrogen (secondary N) is 2. The quantitative estimate of drug-likeness (QED) is 0.428. The van der Waals surface area contributed by atoms with Crippen LogP contribution in [0, 0.1) is 13.8 Å². The standard InChI is InChI=1S/C26H27N5O2/c1-15(2)31-25-21(14-27-31)20(13-23(29-25)19-9-7-6-8-17(19)4)26(33)30-24-12-16(3)10-11-22(24)28-18(5)32/h6-15H,1-5H3,(H,28,32)(H,30,33). The number of aryl methyl sites for hydroxylation is 2. The molecule has 168 valence electrons. The lowest BCUT2D eigenvalue weighted by atomic mass is 10.0. The second kappa shape index (κ2) is 8.86. The van der Waals surface area contributed by atoms with Crippen molar-refractivity contribution in [2.45, 2.75) is 40.7 Å². The van der Waals surface area contributed by atoms with Gasteiger partial charge in [-0.1, -0.05) is 30.3 Å². The molecule has 33 heavy (non-hydrogen) atoms. The Kier molecular flexibility index (Phi) is 5.96. The van der Waals surface area contributed by atoms with Crippen molar-refractivity contribution in [3.63, 3.8) is 0 Å². The summed E-state index contributed by atoms with van der Waals surface area (Å²) in [5.74, 6) is -0.501. The summed E-state index contributed by atoms with van der Waals surface area (Å²) >= 11 is 0. The van der Waals surface area contributed by atoms with Crippen LogP contribution in [-0.4, -0.2) is 26.6 Å². The number of pyridine rings is 1. The molecule has 2 aromatic carbocycles. The summed E-state index contributed by atoms with van der Waals surface area (Å²) in [6.45, 7) is 9.45. The molecule has 7 nitrogen and oxygen atoms in total. The van der Waals surface area contributed by atoms with E-state index >= 15 is 0 Å². The van der Waals surface area contributed by atoms with Gasteiger partial charge in [-0.25, -0.2) is 9.67 Å². The number of carbonyl (C=O) groups is 2. The Bertz CT molecular complexity index is 1370. The van der Waals surface area contributed by atoms with E-state index in [1.54, 1.807) is 18.3 Å². The largest absolute Gasteiger partial charge is 0.325 e. The average molecular weight is 442 g/mol. The molecule has 0 saturated heterocycles. The fourth-order valence-electron chi connectivity index (χ4n) is 3.83. The average Bonchev–Trinajstić information content (AvgIpc) is 3.19. The predicted molar refractivity (Wildman–Crippen MR) is 132 cm³/mol. The Morgan fingerprint density at radius 2 is 1.73 bits per heavy atom. The Hall–Kier alpha value is -4.00. The summed E-state index contributed by atoms with van der Waals surface area (Å²) in [7, 11) is 0. The monoisotopic (exact) mass is 441 g/mol. The maximum Gasteiger partial charge on any atom is 0.256 e. The molecule has 0 radical (unpaired) electrons. The van der Waals surface area contributed by atoms with E-state index in [4.69, 9.17) is 4.98 Å². The van der Waals surface area contributed by atoms with Crippen LogP contribution >= 0.6 is 0 Å². The minimum absolute atomic E-state index is 0.0844. The van der Waals surface area contributed by atoms with Gasteiger partial charge in [0.15, 0.2) is 5.65 Å². The van der Waals surface area contributed by atoms with Gasteiger partial charge in [0.25, 0.3) is 5.91 Å². The highest BCUT2D eigenvalue weighted by molar-refractivity contribution is 6.14. The molecule has 0 saturated carbocycles. The highest BCUT2D eigenvalue weighted by Crippen LogP contribution is 2.30. The number of hydrogen-bond donors (Lipinski definition) is 2. The zero-order chi connectivity index (χ0) is 23.7. The van der Waals surface area contributed by atoms with E-state index in [0.717, 1.165) is 16.7 Å². The molecule has 0 aliphatic carbocycles. The van der Waals surface area contributed by atoms with Crippen LogP contribution in [0.5, 0.6) is 0 Å². The molecule has 0 aliphatic rings. The lowest BCUT2D eigenvalue weighted by Gasteiger charge is -2.14. The number of anilines is 2. The highest BCUT2D eigenvalue weighted by atomic mass is 16.2. The third-order valence-electron chi connectivity index (χ3n) is 5.46. The number of nitrogens with zero attached hydrogens (tertiary/aromatic N) is 3. The van der Waals surface area contributed by atoms with E-state index < -0.39 is 0 Å². The van der Waals surface area contributed by atoms with Crippen LogP contribution in [0.15, 0.2) is 54.7 Å². The Morgan fingerprint density at radius 1 is 0.970 bits per heavy atom. The van der Waals surface area contributed by atoms with Crippen LogP contribution in [0.25, 0.3) is 22.3 Å². The fourth-order valence-corrected chi connectivity index (χ4v) is 3.83. The zero-order valence-electron chi connectivity index (χ0n) is 19.4. The third kappa shape index (κ3) is 4.48. The normalized spacial score (nSPS) is 11.1. The van der Waals surface area contributed by atoms with Crippen molar-refractivity contribution in [3.8, 4) is 11.3 Å². The number of carbonyl (C=O) groups excluding carboxylic acids is 2. The Morgan fingerprint density at radius 3 is 2.42 bits per heavy atom. The minimum Gasteiger partial charge on any atom is -0.325 e. The maximum absolute atomic E-state index is 13.5. The first kappa shape index (κ1) is 22.2. The second-order valence-electron chi connectivity index (χ2n) is 8.47. The van der Waals surface area contributed by atoms with Crippen molar-refractivity contribution in [1.82, 2.24) is 14.8 Å². The van der Waals surface area contributed by atoms with Gasteiger partial charge >= 0.3 is 0 Å². The van der Waals surface area contributed by atoms with Gasteiger partial charge < -0.3 is 10.6 Å². The SMILES string of the molecule is CC(=O)Nc1ccc(C)cc1NC(=O)c1cc(-c2ccccc2C)nc2c1cnn2C(C)C. The Labute approximate surface area is 192 Å². The number of aromatic nitrogens is 3. The number of rotatable bonds is 5. The fraction of sp³-hybridized carbons (Fsp3) is 0.231. The van der Waals surface area contributed by atoms with Crippen molar-refractivity contribution in [2.75, 3.05) is 10.6 Å². The summed E-state index contributed by atoms with van der Waals surface area (Å²) in [6.07, 6.45) is 1.68. The van der Waals surface area contributed by atoms with Crippen molar-refractivity contribution in [3.05, 3.63) is 71.4 Å². The molecule has 2 aromatic heterocycles. The van der Waals surface area contributed by atoms with Crippen LogP contribution in [-0.2, 0) is 4.79 Å². The van der Waals surface area contributed by atoms with Gasteiger partial charge in [-0.15, -0.1) is 0 Å². The van der Waals surface area contributed by atoms with Gasteiger partial charge in [-0.2, -0.15) is 5.10 Å². The Balaban J connectivity index is 1.85. The predicted octanol–water partition coefficient (Wildman–Crippen LogP) is 5.51. The molecule has 2 N–H and O–H groups in total. The van der Waals surface area contributed by atoms with Crippen molar-refractivity contribution < 1.29 is 9.59 Å². The zero-order valence-corrected chi connectivity index (χ0v) is 19.4. The molecule has 0 unspecified atom stereocenters. The first-order valence-electron chi connectivity index (χ1n) is 10.9. The molecular formula is C26H27N5O2. The second-order valence-corrected chi connectivity index (χ2v) is 8.47. The van der Waals surface area contributed by atoms with Crippen LogP contribution in [0.4, 0.5) is 11.4 Å². The van der Waals surface area contributed by atoms with E-state index in [2.05, 4.69) is 15.7 Å². The van der Waals surface area contributed by atoms with E-state index in [0.29, 0.717) is 33.7 Å². The van der Waals surface area contributed by atoms with E-state index in [1.807, 2.05) is 68.8 Å². The van der Waals surface area contributed by atoms with Crippen LogP contribution in [0.3, 0.4) is 0 Å². The van der Waals surface area contributed by atoms with Gasteiger partial charge in [0, 0.05) is 18.5 Å². The molecule has 0 bridgehead atoms. The van der Waals surface area contributed by atoms with Crippen LogP contribution in [0.2, 0.25) is 0 Å². The number of hydrogen-bond acceptors (Lipinski definition) is 4. The molecule has 4 rings (SSSR count). The summed E-state index contributed by atoms with van der Waals surface area (Å²) in [5.41, 5.74) is 5.91. The molecule has 0 spiro atoms. The smallest absolute Gasteiger partial charge is 0.256 e. The van der Waals surface area contributed by atoms with Crippen LogP contribution < -0.4 is 10.6 Å². The molecule has 7 heteroatoms. The summed E-state index contributed by atoms with van der Waals surface area (Å²) in [5, 5.41) is 10.9. The molecular weight excluding hydrogens is 414 g/mol. The van der Waals surface area contributed by atoms with Gasteiger partial charge in [0.2, 0.25) is 5.91 Å². The summed E-state index contributed by atoms with van der Waals surface area (Å²) in [6, 6.07) is 15.3. The van der Waals surface area contributed by atoms with Crippen LogP contribution in [0.1, 0.15) is 48.3 Å². The lowest BCUT2D eigenvalue weighted by molar-refractivity contribution is -0.114. The molecule has 4 aromatic rings. The number of benzene rings is 2. The maximum atomic E-state index is 13.5. The van der Waals surface area contributed by atoms with E-state index in [-0.39, 0.29) is 17.9 Å². The topological polar surface area (TPSA) is 88.9 Å². The van der Waals surface area contributed by atoms with Crippen molar-refractivity contribution in [1.29, 1.82) is 0 Å². The van der Waals surface area contributed by atoms with Gasteiger partial charge in [0.05, 0.1) is 34.2 Å². The highest BCUT2D eigenvalue weighted by Gasteiger charge is 2.20. The lowest BCUT2D eigenvalue weighted by Crippen LogP contribution is -2.16. The van der Waals surface area contributed by atoms with Crippen molar-refractivity contribution in [2.24, 2.45) is 0 Å². The molecule has 0 atom stereocenters. The molecule has 2 amide bonds.